The smallest absolute Gasteiger partial charge is 0.252 e. The first-order chi connectivity index (χ1) is 11.5. The Kier molecular flexibility index (Phi) is 6.73. The second kappa shape index (κ2) is 9.01. The molecule has 0 spiro atoms. The highest BCUT2D eigenvalue weighted by atomic mass is 19.1. The van der Waals surface area contributed by atoms with Gasteiger partial charge in [-0.25, -0.2) is 4.39 Å². The average Bonchev–Trinajstić information content (AvgIpc) is 2.56. The molecule has 0 saturated carbocycles. The van der Waals surface area contributed by atoms with Crippen LogP contribution in [0.4, 0.5) is 10.1 Å². The molecule has 1 aromatic heterocycles. The van der Waals surface area contributed by atoms with Gasteiger partial charge in [0.15, 0.2) is 0 Å². The summed E-state index contributed by atoms with van der Waals surface area (Å²) in [6, 6.07) is 8.25. The fraction of sp³-hybridized carbons (Fsp3) is 0.368. The summed E-state index contributed by atoms with van der Waals surface area (Å²) in [4.78, 5) is 16.2. The number of anilines is 1. The predicted molar refractivity (Wildman–Crippen MR) is 94.6 cm³/mol. The Morgan fingerprint density at radius 1 is 1.17 bits per heavy atom. The molecule has 0 bridgehead atoms. The maximum Gasteiger partial charge on any atom is 0.252 e. The summed E-state index contributed by atoms with van der Waals surface area (Å²) < 4.78 is 12.9. The number of pyridine rings is 1. The van der Waals surface area contributed by atoms with E-state index < -0.39 is 0 Å². The van der Waals surface area contributed by atoms with Gasteiger partial charge in [-0.3, -0.25) is 9.78 Å². The molecule has 0 aliphatic rings. The summed E-state index contributed by atoms with van der Waals surface area (Å²) in [5, 5.41) is 6.14. The molecule has 2 aromatic rings. The summed E-state index contributed by atoms with van der Waals surface area (Å²) in [5.41, 5.74) is 2.40. The molecule has 4 nitrogen and oxygen atoms in total. The summed E-state index contributed by atoms with van der Waals surface area (Å²) in [5.74, 6) is 0.223. The fourth-order valence-corrected chi connectivity index (χ4v) is 2.24. The number of halogens is 1. The largest absolute Gasteiger partial charge is 0.383 e. The maximum atomic E-state index is 12.9. The van der Waals surface area contributed by atoms with Crippen LogP contribution in [0, 0.1) is 11.7 Å². The number of nitrogens with one attached hydrogen (secondary N) is 2. The van der Waals surface area contributed by atoms with Gasteiger partial charge in [0.1, 0.15) is 5.82 Å². The predicted octanol–water partition coefficient (Wildman–Crippen LogP) is 3.65. The van der Waals surface area contributed by atoms with Crippen molar-refractivity contribution in [2.24, 2.45) is 5.92 Å². The van der Waals surface area contributed by atoms with Gasteiger partial charge in [0, 0.05) is 25.5 Å². The minimum absolute atomic E-state index is 0.106. The van der Waals surface area contributed by atoms with Crippen molar-refractivity contribution in [3.8, 4) is 0 Å². The van der Waals surface area contributed by atoms with E-state index in [1.54, 1.807) is 30.6 Å². The molecule has 1 heterocycles. The number of hydrogen-bond donors (Lipinski definition) is 2. The van der Waals surface area contributed by atoms with Crippen molar-refractivity contribution in [1.82, 2.24) is 10.3 Å². The zero-order valence-electron chi connectivity index (χ0n) is 14.2. The minimum atomic E-state index is -0.230. The Balaban J connectivity index is 1.83. The lowest BCUT2D eigenvalue weighted by molar-refractivity contribution is 0.0951. The molecule has 1 amide bonds. The third kappa shape index (κ3) is 5.99. The molecule has 5 heteroatoms. The van der Waals surface area contributed by atoms with Crippen molar-refractivity contribution in [3.63, 3.8) is 0 Å². The lowest BCUT2D eigenvalue weighted by atomic mass is 10.1. The standard InChI is InChI=1S/C19H24FN3O/c1-14(2)7-9-23-19(24)16-11-18(13-21-12-16)22-10-8-15-3-5-17(20)6-4-15/h3-6,11-14,22H,7-10H2,1-2H3,(H,23,24). The maximum absolute atomic E-state index is 12.9. The lowest BCUT2D eigenvalue weighted by Gasteiger charge is -2.09. The first-order valence-corrected chi connectivity index (χ1v) is 8.26. The van der Waals surface area contributed by atoms with Gasteiger partial charge in [-0.1, -0.05) is 26.0 Å². The molecule has 0 radical (unpaired) electrons. The normalized spacial score (nSPS) is 10.7. The quantitative estimate of drug-likeness (QED) is 0.777. The Morgan fingerprint density at radius 3 is 2.62 bits per heavy atom. The molecular formula is C19H24FN3O. The number of rotatable bonds is 8. The van der Waals surface area contributed by atoms with E-state index in [1.165, 1.54) is 12.1 Å². The van der Waals surface area contributed by atoms with Crippen LogP contribution in [0.5, 0.6) is 0 Å². The molecule has 0 fully saturated rings. The Labute approximate surface area is 142 Å². The van der Waals surface area contributed by atoms with Gasteiger partial charge in [0.2, 0.25) is 0 Å². The van der Waals surface area contributed by atoms with Gasteiger partial charge in [-0.15, -0.1) is 0 Å². The Morgan fingerprint density at radius 2 is 1.92 bits per heavy atom. The van der Waals surface area contributed by atoms with Crippen LogP contribution in [-0.2, 0) is 6.42 Å². The summed E-state index contributed by atoms with van der Waals surface area (Å²) in [6.45, 7) is 5.60. The van der Waals surface area contributed by atoms with Crippen LogP contribution in [0.1, 0.15) is 36.2 Å². The van der Waals surface area contributed by atoms with E-state index in [0.717, 1.165) is 24.1 Å². The van der Waals surface area contributed by atoms with Gasteiger partial charge in [0.25, 0.3) is 5.91 Å². The molecular weight excluding hydrogens is 305 g/mol. The molecule has 0 unspecified atom stereocenters. The molecule has 0 aliphatic carbocycles. The average molecular weight is 329 g/mol. The first-order valence-electron chi connectivity index (χ1n) is 8.26. The first kappa shape index (κ1) is 17.9. The van der Waals surface area contributed by atoms with Crippen LogP contribution >= 0.6 is 0 Å². The van der Waals surface area contributed by atoms with Gasteiger partial charge < -0.3 is 10.6 Å². The lowest BCUT2D eigenvalue weighted by Crippen LogP contribution is -2.25. The van der Waals surface area contributed by atoms with E-state index in [4.69, 9.17) is 0 Å². The monoisotopic (exact) mass is 329 g/mol. The van der Waals surface area contributed by atoms with Gasteiger partial charge in [-0.2, -0.15) is 0 Å². The Bertz CT molecular complexity index is 656. The van der Waals surface area contributed by atoms with E-state index in [-0.39, 0.29) is 11.7 Å². The summed E-state index contributed by atoms with van der Waals surface area (Å²) in [6.07, 6.45) is 4.98. The zero-order chi connectivity index (χ0) is 17.4. The highest BCUT2D eigenvalue weighted by Crippen LogP contribution is 2.10. The number of benzene rings is 1. The second-order valence-corrected chi connectivity index (χ2v) is 6.20. The number of aromatic nitrogens is 1. The molecule has 128 valence electrons. The van der Waals surface area contributed by atoms with Crippen LogP contribution in [-0.4, -0.2) is 24.0 Å². The molecule has 2 N–H and O–H groups in total. The number of hydrogen-bond acceptors (Lipinski definition) is 3. The number of carbonyl (C=O) groups is 1. The molecule has 0 saturated heterocycles. The third-order valence-electron chi connectivity index (χ3n) is 3.66. The van der Waals surface area contributed by atoms with Crippen LogP contribution in [0.3, 0.4) is 0 Å². The highest BCUT2D eigenvalue weighted by Gasteiger charge is 2.07. The van der Waals surface area contributed by atoms with Crippen molar-refractivity contribution in [3.05, 3.63) is 59.7 Å². The molecule has 2 rings (SSSR count). The van der Waals surface area contributed by atoms with Gasteiger partial charge in [0.05, 0.1) is 11.3 Å². The highest BCUT2D eigenvalue weighted by molar-refractivity contribution is 5.94. The van der Waals surface area contributed by atoms with E-state index in [9.17, 15) is 9.18 Å². The van der Waals surface area contributed by atoms with Crippen molar-refractivity contribution < 1.29 is 9.18 Å². The van der Waals surface area contributed by atoms with Crippen LogP contribution in [0.2, 0.25) is 0 Å². The number of carbonyl (C=O) groups excluding carboxylic acids is 1. The van der Waals surface area contributed by atoms with E-state index in [0.29, 0.717) is 24.6 Å². The van der Waals surface area contributed by atoms with Crippen molar-refractivity contribution >= 4 is 11.6 Å². The SMILES string of the molecule is CC(C)CCNC(=O)c1cncc(NCCc2ccc(F)cc2)c1. The van der Waals surface area contributed by atoms with E-state index in [2.05, 4.69) is 29.5 Å². The molecule has 24 heavy (non-hydrogen) atoms. The number of nitrogens with zero attached hydrogens (tertiary/aromatic N) is 1. The van der Waals surface area contributed by atoms with Crippen molar-refractivity contribution in [2.75, 3.05) is 18.4 Å². The molecule has 0 aliphatic heterocycles. The third-order valence-corrected chi connectivity index (χ3v) is 3.66. The molecule has 0 atom stereocenters. The van der Waals surface area contributed by atoms with E-state index in [1.807, 2.05) is 0 Å². The van der Waals surface area contributed by atoms with Gasteiger partial charge >= 0.3 is 0 Å². The van der Waals surface area contributed by atoms with Crippen LogP contribution < -0.4 is 10.6 Å². The van der Waals surface area contributed by atoms with Crippen LogP contribution in [0.25, 0.3) is 0 Å². The Hall–Kier alpha value is -2.43. The van der Waals surface area contributed by atoms with Crippen LogP contribution in [0.15, 0.2) is 42.7 Å². The topological polar surface area (TPSA) is 54.0 Å². The van der Waals surface area contributed by atoms with Gasteiger partial charge in [-0.05, 0) is 42.5 Å². The minimum Gasteiger partial charge on any atom is -0.383 e. The van der Waals surface area contributed by atoms with E-state index >= 15 is 0 Å². The fourth-order valence-electron chi connectivity index (χ4n) is 2.24. The second-order valence-electron chi connectivity index (χ2n) is 6.20. The van der Waals surface area contributed by atoms with Crippen molar-refractivity contribution in [1.29, 1.82) is 0 Å². The number of amides is 1. The molecule has 1 aromatic carbocycles. The summed E-state index contributed by atoms with van der Waals surface area (Å²) in [7, 11) is 0. The zero-order valence-corrected chi connectivity index (χ0v) is 14.2. The van der Waals surface area contributed by atoms with Crippen molar-refractivity contribution in [2.45, 2.75) is 26.7 Å². The summed E-state index contributed by atoms with van der Waals surface area (Å²) >= 11 is 0.